The third-order valence-corrected chi connectivity index (χ3v) is 8.32. The molecule has 41 heavy (non-hydrogen) atoms. The first-order valence-electron chi connectivity index (χ1n) is 18.0. The highest BCUT2D eigenvalue weighted by Crippen LogP contribution is 2.15. The summed E-state index contributed by atoms with van der Waals surface area (Å²) >= 11 is 0. The van der Waals surface area contributed by atoms with Crippen LogP contribution in [0.4, 0.5) is 0 Å². The predicted octanol–water partition coefficient (Wildman–Crippen LogP) is 9.31. The highest BCUT2D eigenvalue weighted by molar-refractivity contribution is 5.76. The Labute approximate surface area is 255 Å². The molecule has 0 aromatic heterocycles. The van der Waals surface area contributed by atoms with E-state index in [-0.39, 0.29) is 18.9 Å². The molecule has 0 saturated heterocycles. The summed E-state index contributed by atoms with van der Waals surface area (Å²) in [6.07, 6.45) is 34.8. The molecular weight excluding hydrogens is 510 g/mol. The molecule has 0 radical (unpaired) electrons. The summed E-state index contributed by atoms with van der Waals surface area (Å²) in [4.78, 5) is 12.3. The second-order valence-electron chi connectivity index (χ2n) is 12.5. The Hall–Kier alpha value is -0.910. The molecule has 4 N–H and O–H groups in total. The zero-order chi connectivity index (χ0) is 30.2. The highest BCUT2D eigenvalue weighted by atomic mass is 16.3. The van der Waals surface area contributed by atoms with Crippen molar-refractivity contribution in [1.29, 1.82) is 0 Å². The van der Waals surface area contributed by atoms with E-state index in [4.69, 9.17) is 0 Å². The Morgan fingerprint density at radius 3 is 1.41 bits per heavy atom. The van der Waals surface area contributed by atoms with Crippen LogP contribution in [0.2, 0.25) is 0 Å². The van der Waals surface area contributed by atoms with E-state index in [0.29, 0.717) is 6.42 Å². The van der Waals surface area contributed by atoms with E-state index in [2.05, 4.69) is 19.2 Å². The van der Waals surface area contributed by atoms with E-state index in [1.807, 2.05) is 6.08 Å². The monoisotopic (exact) mass is 582 g/mol. The van der Waals surface area contributed by atoms with Gasteiger partial charge < -0.3 is 20.6 Å². The maximum atomic E-state index is 12.3. The van der Waals surface area contributed by atoms with E-state index in [0.717, 1.165) is 25.7 Å². The van der Waals surface area contributed by atoms with Crippen LogP contribution in [-0.4, -0.2) is 46.1 Å². The second kappa shape index (κ2) is 32.0. The number of hydrogen-bond donors (Lipinski definition) is 4. The average molecular weight is 582 g/mol. The van der Waals surface area contributed by atoms with Crippen molar-refractivity contribution in [1.82, 2.24) is 5.32 Å². The van der Waals surface area contributed by atoms with Crippen molar-refractivity contribution in [2.45, 2.75) is 205 Å². The third kappa shape index (κ3) is 29.0. The Balaban J connectivity index is 3.69. The summed E-state index contributed by atoms with van der Waals surface area (Å²) in [5.74, 6) is -0.316. The molecule has 0 aliphatic carbocycles. The summed E-state index contributed by atoms with van der Waals surface area (Å²) in [5, 5.41) is 32.9. The summed E-state index contributed by atoms with van der Waals surface area (Å²) in [7, 11) is 0. The number of aliphatic hydroxyl groups excluding tert-OH is 3. The predicted molar refractivity (Wildman–Crippen MR) is 176 cm³/mol. The molecule has 0 fully saturated rings. The van der Waals surface area contributed by atoms with Gasteiger partial charge in [-0.2, -0.15) is 0 Å². The lowest BCUT2D eigenvalue weighted by molar-refractivity contribution is -0.124. The van der Waals surface area contributed by atoms with Crippen molar-refractivity contribution in [3.63, 3.8) is 0 Å². The van der Waals surface area contributed by atoms with Gasteiger partial charge in [0.2, 0.25) is 5.91 Å². The topological polar surface area (TPSA) is 89.8 Å². The first-order chi connectivity index (χ1) is 20.0. The molecule has 0 rings (SSSR count). The lowest BCUT2D eigenvalue weighted by Crippen LogP contribution is -2.45. The van der Waals surface area contributed by atoms with Gasteiger partial charge in [0.05, 0.1) is 31.3 Å². The van der Waals surface area contributed by atoms with Crippen molar-refractivity contribution >= 4 is 5.91 Å². The minimum Gasteiger partial charge on any atom is -0.394 e. The van der Waals surface area contributed by atoms with Crippen LogP contribution in [0.3, 0.4) is 0 Å². The minimum absolute atomic E-state index is 0.0178. The zero-order valence-electron chi connectivity index (χ0n) is 27.4. The second-order valence-corrected chi connectivity index (χ2v) is 12.5. The van der Waals surface area contributed by atoms with Gasteiger partial charge in [-0.3, -0.25) is 4.79 Å². The molecule has 0 aromatic carbocycles. The lowest BCUT2D eigenvalue weighted by Gasteiger charge is -2.21. The van der Waals surface area contributed by atoms with Gasteiger partial charge in [0.25, 0.3) is 0 Å². The largest absolute Gasteiger partial charge is 0.394 e. The number of allylic oxidation sites excluding steroid dienone is 1. The molecule has 0 bridgehead atoms. The number of nitrogens with one attached hydrogen (secondary N) is 1. The van der Waals surface area contributed by atoms with Crippen molar-refractivity contribution in [3.05, 3.63) is 12.2 Å². The summed E-state index contributed by atoms with van der Waals surface area (Å²) in [5.41, 5.74) is 0. The molecule has 0 saturated carbocycles. The smallest absolute Gasteiger partial charge is 0.222 e. The van der Waals surface area contributed by atoms with Crippen LogP contribution in [0.25, 0.3) is 0 Å². The number of amides is 1. The first kappa shape index (κ1) is 40.1. The molecular formula is C36H71NO4. The standard InChI is InChI=1S/C36H71NO4/c1-3-5-7-9-11-13-15-16-17-18-19-20-21-23-25-27-29-33(39)31-36(41)37-34(32-38)35(40)30-28-26-24-22-14-12-10-8-6-4-2/h28,30,33-35,38-40H,3-27,29,31-32H2,1-2H3,(H,37,41)/b30-28+. The Morgan fingerprint density at radius 2 is 1.00 bits per heavy atom. The average Bonchev–Trinajstić information content (AvgIpc) is 2.96. The van der Waals surface area contributed by atoms with Gasteiger partial charge in [0, 0.05) is 0 Å². The molecule has 3 unspecified atom stereocenters. The minimum atomic E-state index is -0.921. The van der Waals surface area contributed by atoms with Gasteiger partial charge in [-0.1, -0.05) is 174 Å². The zero-order valence-corrected chi connectivity index (χ0v) is 27.4. The molecule has 3 atom stereocenters. The van der Waals surface area contributed by atoms with Gasteiger partial charge in [0.1, 0.15) is 0 Å². The fourth-order valence-electron chi connectivity index (χ4n) is 5.51. The van der Waals surface area contributed by atoms with Crippen LogP contribution >= 0.6 is 0 Å². The third-order valence-electron chi connectivity index (χ3n) is 8.32. The van der Waals surface area contributed by atoms with E-state index < -0.39 is 18.2 Å². The van der Waals surface area contributed by atoms with Crippen molar-refractivity contribution in [2.24, 2.45) is 0 Å². The number of rotatable bonds is 32. The van der Waals surface area contributed by atoms with Crippen molar-refractivity contribution < 1.29 is 20.1 Å². The molecule has 244 valence electrons. The van der Waals surface area contributed by atoms with Crippen molar-refractivity contribution in [3.8, 4) is 0 Å². The molecule has 0 aliphatic rings. The Morgan fingerprint density at radius 1 is 0.610 bits per heavy atom. The van der Waals surface area contributed by atoms with Gasteiger partial charge in [0.15, 0.2) is 0 Å². The fourth-order valence-corrected chi connectivity index (χ4v) is 5.51. The Bertz CT molecular complexity index is 568. The molecule has 0 aliphatic heterocycles. The first-order valence-corrected chi connectivity index (χ1v) is 18.0. The molecule has 1 amide bonds. The number of carbonyl (C=O) groups excluding carboxylic acids is 1. The van der Waals surface area contributed by atoms with Crippen LogP contribution in [0.15, 0.2) is 12.2 Å². The SMILES string of the molecule is CCCCCCCCCC/C=C/C(O)C(CO)NC(=O)CC(O)CCCCCCCCCCCCCCCCCC. The highest BCUT2D eigenvalue weighted by Gasteiger charge is 2.20. The van der Waals surface area contributed by atoms with Crippen LogP contribution in [0.5, 0.6) is 0 Å². The van der Waals surface area contributed by atoms with E-state index >= 15 is 0 Å². The number of carbonyl (C=O) groups is 1. The van der Waals surface area contributed by atoms with Crippen molar-refractivity contribution in [2.75, 3.05) is 6.61 Å². The van der Waals surface area contributed by atoms with Crippen LogP contribution in [0, 0.1) is 0 Å². The van der Waals surface area contributed by atoms with E-state index in [1.165, 1.54) is 135 Å². The van der Waals surface area contributed by atoms with Gasteiger partial charge in [-0.05, 0) is 19.3 Å². The normalized spacial score (nSPS) is 14.0. The van der Waals surface area contributed by atoms with Crippen LogP contribution < -0.4 is 5.32 Å². The quantitative estimate of drug-likeness (QED) is 0.0471. The number of hydrogen-bond acceptors (Lipinski definition) is 4. The van der Waals surface area contributed by atoms with Gasteiger partial charge in [-0.25, -0.2) is 0 Å². The van der Waals surface area contributed by atoms with Crippen LogP contribution in [0.1, 0.15) is 187 Å². The molecule has 5 heteroatoms. The lowest BCUT2D eigenvalue weighted by atomic mass is 10.0. The fraction of sp³-hybridized carbons (Fsp3) is 0.917. The maximum absolute atomic E-state index is 12.3. The summed E-state index contributed by atoms with van der Waals surface area (Å²) in [6.45, 7) is 4.18. The van der Waals surface area contributed by atoms with Gasteiger partial charge in [-0.15, -0.1) is 0 Å². The molecule has 5 nitrogen and oxygen atoms in total. The van der Waals surface area contributed by atoms with E-state index in [9.17, 15) is 20.1 Å². The Kier molecular flexibility index (Phi) is 31.3. The summed E-state index contributed by atoms with van der Waals surface area (Å²) in [6, 6.07) is -0.736. The number of unbranched alkanes of at least 4 members (excludes halogenated alkanes) is 23. The molecule has 0 heterocycles. The molecule has 0 spiro atoms. The van der Waals surface area contributed by atoms with E-state index in [1.54, 1.807) is 6.08 Å². The molecule has 0 aromatic rings. The number of aliphatic hydroxyl groups is 3. The maximum Gasteiger partial charge on any atom is 0.222 e. The van der Waals surface area contributed by atoms with Gasteiger partial charge >= 0.3 is 0 Å². The summed E-state index contributed by atoms with van der Waals surface area (Å²) < 4.78 is 0. The van der Waals surface area contributed by atoms with Crippen LogP contribution in [-0.2, 0) is 4.79 Å².